The molecule has 1 aromatic rings. The number of nitrogens with zero attached hydrogens (tertiary/aromatic N) is 5. The fourth-order valence-corrected chi connectivity index (χ4v) is 1.91. The van der Waals surface area contributed by atoms with Gasteiger partial charge in [-0.1, -0.05) is 13.3 Å². The molecule has 0 aliphatic rings. The maximum absolute atomic E-state index is 12.2. The van der Waals surface area contributed by atoms with Crippen LogP contribution >= 0.6 is 0 Å². The van der Waals surface area contributed by atoms with Gasteiger partial charge < -0.3 is 14.4 Å². The van der Waals surface area contributed by atoms with Crippen molar-refractivity contribution in [2.45, 2.75) is 33.6 Å². The van der Waals surface area contributed by atoms with Crippen LogP contribution in [0.5, 0.6) is 0 Å². The number of anilines is 1. The van der Waals surface area contributed by atoms with E-state index in [1.54, 1.807) is 0 Å². The van der Waals surface area contributed by atoms with E-state index < -0.39 is 0 Å². The zero-order chi connectivity index (χ0) is 14.4. The molecule has 0 N–H and O–H groups in total. The Morgan fingerprint density at radius 1 is 1.32 bits per heavy atom. The lowest BCUT2D eigenvalue weighted by molar-refractivity contribution is -0.129. The number of amides is 1. The zero-order valence-corrected chi connectivity index (χ0v) is 12.7. The average Bonchev–Trinajstić information content (AvgIpc) is 2.71. The Morgan fingerprint density at radius 3 is 2.47 bits per heavy atom. The number of aromatic nitrogens is 3. The van der Waals surface area contributed by atoms with Gasteiger partial charge in [-0.3, -0.25) is 4.79 Å². The van der Waals surface area contributed by atoms with Crippen molar-refractivity contribution < 1.29 is 4.79 Å². The second-order valence-corrected chi connectivity index (χ2v) is 4.79. The van der Waals surface area contributed by atoms with Gasteiger partial charge >= 0.3 is 0 Å². The van der Waals surface area contributed by atoms with Crippen LogP contribution in [0.15, 0.2) is 0 Å². The Bertz CT molecular complexity index is 415. The van der Waals surface area contributed by atoms with E-state index in [2.05, 4.69) is 17.1 Å². The molecule has 0 aromatic carbocycles. The molecule has 1 aromatic heterocycles. The molecular weight excluding hydrogens is 242 g/mol. The smallest absolute Gasteiger partial charge is 0.242 e. The Morgan fingerprint density at radius 2 is 2.00 bits per heavy atom. The standard InChI is InChI=1S/C13H25N5O/c1-6-8-9-18(7-2)12(19)10-16(4)13-15-14-11(3)17(13)5/h6-10H2,1-5H3. The van der Waals surface area contributed by atoms with Crippen LogP contribution in [-0.2, 0) is 11.8 Å². The van der Waals surface area contributed by atoms with Crippen molar-refractivity contribution in [1.29, 1.82) is 0 Å². The van der Waals surface area contributed by atoms with Crippen LogP contribution in [0.25, 0.3) is 0 Å². The minimum Gasteiger partial charge on any atom is -0.341 e. The minimum absolute atomic E-state index is 0.138. The van der Waals surface area contributed by atoms with Gasteiger partial charge in [-0.15, -0.1) is 10.2 Å². The van der Waals surface area contributed by atoms with E-state index in [0.717, 1.165) is 37.7 Å². The van der Waals surface area contributed by atoms with E-state index in [9.17, 15) is 4.79 Å². The molecular formula is C13H25N5O. The van der Waals surface area contributed by atoms with Crippen LogP contribution in [-0.4, -0.2) is 52.3 Å². The summed E-state index contributed by atoms with van der Waals surface area (Å²) >= 11 is 0. The molecule has 0 atom stereocenters. The second-order valence-electron chi connectivity index (χ2n) is 4.79. The molecule has 0 fully saturated rings. The number of unbranched alkanes of at least 4 members (excludes halogenated alkanes) is 1. The second kappa shape index (κ2) is 7.11. The summed E-state index contributed by atoms with van der Waals surface area (Å²) in [6.45, 7) is 7.96. The molecule has 0 saturated carbocycles. The first kappa shape index (κ1) is 15.5. The van der Waals surface area contributed by atoms with Crippen LogP contribution in [0.2, 0.25) is 0 Å². The third kappa shape index (κ3) is 3.94. The van der Waals surface area contributed by atoms with Crippen LogP contribution < -0.4 is 4.90 Å². The van der Waals surface area contributed by atoms with Gasteiger partial charge in [-0.25, -0.2) is 0 Å². The summed E-state index contributed by atoms with van der Waals surface area (Å²) < 4.78 is 1.88. The van der Waals surface area contributed by atoms with E-state index in [0.29, 0.717) is 6.54 Å². The van der Waals surface area contributed by atoms with Gasteiger partial charge in [0.2, 0.25) is 11.9 Å². The average molecular weight is 267 g/mol. The normalized spacial score (nSPS) is 10.6. The van der Waals surface area contributed by atoms with Crippen LogP contribution in [0.1, 0.15) is 32.5 Å². The number of carbonyl (C=O) groups excluding carboxylic acids is 1. The monoisotopic (exact) mass is 267 g/mol. The molecule has 0 bridgehead atoms. The Balaban J connectivity index is 2.62. The summed E-state index contributed by atoms with van der Waals surface area (Å²) in [5, 5.41) is 8.09. The first-order chi connectivity index (χ1) is 9.01. The number of hydrogen-bond donors (Lipinski definition) is 0. The molecule has 19 heavy (non-hydrogen) atoms. The van der Waals surface area contributed by atoms with Crippen molar-refractivity contribution in [2.75, 3.05) is 31.6 Å². The lowest BCUT2D eigenvalue weighted by Crippen LogP contribution is -2.40. The topological polar surface area (TPSA) is 54.3 Å². The van der Waals surface area contributed by atoms with E-state index >= 15 is 0 Å². The van der Waals surface area contributed by atoms with Gasteiger partial charge in [0.25, 0.3) is 0 Å². The zero-order valence-electron chi connectivity index (χ0n) is 12.7. The quantitative estimate of drug-likeness (QED) is 0.745. The van der Waals surface area contributed by atoms with Gasteiger partial charge in [0.15, 0.2) is 0 Å². The predicted octanol–water partition coefficient (Wildman–Crippen LogP) is 1.21. The van der Waals surface area contributed by atoms with Crippen molar-refractivity contribution >= 4 is 11.9 Å². The molecule has 0 saturated heterocycles. The predicted molar refractivity (Wildman–Crippen MR) is 76.2 cm³/mol. The summed E-state index contributed by atoms with van der Waals surface area (Å²) in [6, 6.07) is 0. The number of carbonyl (C=O) groups is 1. The van der Waals surface area contributed by atoms with Gasteiger partial charge in [-0.05, 0) is 20.3 Å². The molecule has 0 aliphatic carbocycles. The third-order valence-corrected chi connectivity index (χ3v) is 3.30. The van der Waals surface area contributed by atoms with Gasteiger partial charge in [0, 0.05) is 27.2 Å². The van der Waals surface area contributed by atoms with Crippen molar-refractivity contribution in [3.63, 3.8) is 0 Å². The molecule has 6 heteroatoms. The highest BCUT2D eigenvalue weighted by molar-refractivity contribution is 5.80. The molecule has 1 rings (SSSR count). The molecule has 0 spiro atoms. The summed E-state index contributed by atoms with van der Waals surface area (Å²) in [5.41, 5.74) is 0. The summed E-state index contributed by atoms with van der Waals surface area (Å²) in [5.74, 6) is 1.70. The highest BCUT2D eigenvalue weighted by Crippen LogP contribution is 2.09. The molecule has 1 heterocycles. The first-order valence-electron chi connectivity index (χ1n) is 6.86. The largest absolute Gasteiger partial charge is 0.341 e. The summed E-state index contributed by atoms with van der Waals surface area (Å²) in [7, 11) is 3.77. The van der Waals surface area contributed by atoms with Gasteiger partial charge in [0.1, 0.15) is 5.82 Å². The maximum Gasteiger partial charge on any atom is 0.242 e. The number of aryl methyl sites for hydroxylation is 1. The SMILES string of the molecule is CCCCN(CC)C(=O)CN(C)c1nnc(C)n1C. The third-order valence-electron chi connectivity index (χ3n) is 3.30. The van der Waals surface area contributed by atoms with E-state index in [1.807, 2.05) is 42.3 Å². The fourth-order valence-electron chi connectivity index (χ4n) is 1.91. The lowest BCUT2D eigenvalue weighted by Gasteiger charge is -2.24. The highest BCUT2D eigenvalue weighted by Gasteiger charge is 2.17. The Labute approximate surface area is 115 Å². The van der Waals surface area contributed by atoms with Crippen LogP contribution in [0.4, 0.5) is 5.95 Å². The molecule has 108 valence electrons. The van der Waals surface area contributed by atoms with E-state index in [1.165, 1.54) is 0 Å². The molecule has 0 aliphatic heterocycles. The highest BCUT2D eigenvalue weighted by atomic mass is 16.2. The maximum atomic E-state index is 12.2. The number of rotatable bonds is 7. The van der Waals surface area contributed by atoms with Crippen molar-refractivity contribution in [1.82, 2.24) is 19.7 Å². The molecule has 6 nitrogen and oxygen atoms in total. The molecule has 1 amide bonds. The fraction of sp³-hybridized carbons (Fsp3) is 0.769. The van der Waals surface area contributed by atoms with Crippen molar-refractivity contribution in [3.8, 4) is 0 Å². The van der Waals surface area contributed by atoms with Gasteiger partial charge in [-0.2, -0.15) is 0 Å². The lowest BCUT2D eigenvalue weighted by atomic mass is 10.3. The number of likely N-dealkylation sites (N-methyl/N-ethyl adjacent to an activating group) is 2. The first-order valence-corrected chi connectivity index (χ1v) is 6.86. The summed E-state index contributed by atoms with van der Waals surface area (Å²) in [4.78, 5) is 15.9. The van der Waals surface area contributed by atoms with Crippen LogP contribution in [0.3, 0.4) is 0 Å². The van der Waals surface area contributed by atoms with E-state index in [-0.39, 0.29) is 5.91 Å². The minimum atomic E-state index is 0.138. The Kier molecular flexibility index (Phi) is 5.79. The Hall–Kier alpha value is -1.59. The number of hydrogen-bond acceptors (Lipinski definition) is 4. The van der Waals surface area contributed by atoms with Crippen molar-refractivity contribution in [3.05, 3.63) is 5.82 Å². The molecule has 0 unspecified atom stereocenters. The van der Waals surface area contributed by atoms with Crippen LogP contribution in [0, 0.1) is 6.92 Å². The van der Waals surface area contributed by atoms with Gasteiger partial charge in [0.05, 0.1) is 6.54 Å². The molecule has 0 radical (unpaired) electrons. The van der Waals surface area contributed by atoms with Crippen molar-refractivity contribution in [2.24, 2.45) is 7.05 Å². The summed E-state index contributed by atoms with van der Waals surface area (Å²) in [6.07, 6.45) is 2.15. The van der Waals surface area contributed by atoms with E-state index in [4.69, 9.17) is 0 Å².